The topological polar surface area (TPSA) is 24.5 Å². The molecule has 1 N–H and O–H groups in total. The molecule has 0 amide bonds. The van der Waals surface area contributed by atoms with Gasteiger partial charge in [-0.15, -0.1) is 0 Å². The van der Waals surface area contributed by atoms with Gasteiger partial charge in [-0.3, -0.25) is 0 Å². The first-order valence-electron chi connectivity index (χ1n) is 6.58. The van der Waals surface area contributed by atoms with Gasteiger partial charge in [-0.05, 0) is 39.3 Å². The van der Waals surface area contributed by atoms with Gasteiger partial charge in [0.15, 0.2) is 0 Å². The van der Waals surface area contributed by atoms with Crippen molar-refractivity contribution in [2.45, 2.75) is 45.2 Å². The Balaban J connectivity index is 2.39. The van der Waals surface area contributed by atoms with E-state index in [4.69, 9.17) is 4.74 Å². The van der Waals surface area contributed by atoms with Crippen LogP contribution in [-0.2, 0) is 4.74 Å². The van der Waals surface area contributed by atoms with Crippen molar-refractivity contribution < 1.29 is 4.74 Å². The number of nitrogens with one attached hydrogen (secondary N) is 1. The van der Waals surface area contributed by atoms with Crippen LogP contribution >= 0.6 is 0 Å². The van der Waals surface area contributed by atoms with Gasteiger partial charge in [-0.2, -0.15) is 0 Å². The van der Waals surface area contributed by atoms with Gasteiger partial charge in [0.25, 0.3) is 0 Å². The third-order valence-electron chi connectivity index (χ3n) is 3.27. The first kappa shape index (κ1) is 13.9. The van der Waals surface area contributed by atoms with E-state index in [1.807, 2.05) is 0 Å². The summed E-state index contributed by atoms with van der Waals surface area (Å²) in [5.41, 5.74) is 0. The van der Waals surface area contributed by atoms with Gasteiger partial charge in [-0.1, -0.05) is 13.8 Å². The zero-order valence-corrected chi connectivity index (χ0v) is 11.3. The van der Waals surface area contributed by atoms with E-state index in [1.165, 1.54) is 12.8 Å². The molecule has 2 atom stereocenters. The summed E-state index contributed by atoms with van der Waals surface area (Å²) < 4.78 is 5.50. The van der Waals surface area contributed by atoms with Gasteiger partial charge in [0, 0.05) is 31.8 Å². The lowest BCUT2D eigenvalue weighted by molar-refractivity contribution is 0.141. The minimum Gasteiger partial charge on any atom is -0.381 e. The van der Waals surface area contributed by atoms with Crippen LogP contribution in [0, 0.1) is 5.92 Å². The Morgan fingerprint density at radius 3 is 2.62 bits per heavy atom. The quantitative estimate of drug-likeness (QED) is 0.775. The van der Waals surface area contributed by atoms with Crippen LogP contribution in [0.25, 0.3) is 0 Å². The van der Waals surface area contributed by atoms with Gasteiger partial charge >= 0.3 is 0 Å². The second-order valence-electron chi connectivity index (χ2n) is 5.52. The van der Waals surface area contributed by atoms with Crippen molar-refractivity contribution in [1.29, 1.82) is 0 Å². The molecule has 0 aliphatic carbocycles. The molecule has 1 fully saturated rings. The van der Waals surface area contributed by atoms with Crippen LogP contribution in [0.5, 0.6) is 0 Å². The van der Waals surface area contributed by atoms with Crippen molar-refractivity contribution >= 4 is 0 Å². The van der Waals surface area contributed by atoms with E-state index in [-0.39, 0.29) is 0 Å². The summed E-state index contributed by atoms with van der Waals surface area (Å²) in [6, 6.07) is 1.24. The Labute approximate surface area is 101 Å². The highest BCUT2D eigenvalue weighted by molar-refractivity contribution is 4.79. The van der Waals surface area contributed by atoms with Crippen molar-refractivity contribution in [3.8, 4) is 0 Å². The van der Waals surface area contributed by atoms with E-state index in [1.54, 1.807) is 0 Å². The predicted molar refractivity (Wildman–Crippen MR) is 68.8 cm³/mol. The van der Waals surface area contributed by atoms with Crippen LogP contribution in [-0.4, -0.2) is 50.8 Å². The van der Waals surface area contributed by atoms with Gasteiger partial charge in [0.1, 0.15) is 0 Å². The normalized spacial score (nSPS) is 24.8. The Bertz CT molecular complexity index is 175. The average Bonchev–Trinajstić information content (AvgIpc) is 2.44. The molecule has 96 valence electrons. The van der Waals surface area contributed by atoms with Crippen LogP contribution in [0.15, 0.2) is 0 Å². The van der Waals surface area contributed by atoms with Crippen LogP contribution in [0.2, 0.25) is 0 Å². The number of hydrogen-bond acceptors (Lipinski definition) is 3. The third-order valence-corrected chi connectivity index (χ3v) is 3.27. The second-order valence-corrected chi connectivity index (χ2v) is 5.52. The van der Waals surface area contributed by atoms with E-state index >= 15 is 0 Å². The molecular weight excluding hydrogens is 200 g/mol. The maximum atomic E-state index is 5.50. The predicted octanol–water partition coefficient (Wildman–Crippen LogP) is 1.73. The van der Waals surface area contributed by atoms with Crippen LogP contribution in [0.1, 0.15) is 33.1 Å². The Morgan fingerprint density at radius 1 is 1.25 bits per heavy atom. The van der Waals surface area contributed by atoms with E-state index in [0.717, 1.165) is 26.2 Å². The highest BCUT2D eigenvalue weighted by Crippen LogP contribution is 2.12. The largest absolute Gasteiger partial charge is 0.381 e. The standard InChI is InChI=1S/C13H28N2O/c1-11(2)13(10-15(3)4)14-12-6-5-8-16-9-7-12/h11-14H,5-10H2,1-4H3. The first-order valence-corrected chi connectivity index (χ1v) is 6.58. The molecule has 0 aromatic heterocycles. The Kier molecular flexibility index (Phi) is 6.32. The zero-order valence-electron chi connectivity index (χ0n) is 11.3. The molecule has 16 heavy (non-hydrogen) atoms. The molecule has 1 aliphatic rings. The van der Waals surface area contributed by atoms with Crippen molar-refractivity contribution in [3.63, 3.8) is 0 Å². The molecule has 0 aromatic carbocycles. The molecule has 2 unspecified atom stereocenters. The fourth-order valence-electron chi connectivity index (χ4n) is 2.22. The van der Waals surface area contributed by atoms with E-state index < -0.39 is 0 Å². The lowest BCUT2D eigenvalue weighted by Crippen LogP contribution is -2.47. The fourth-order valence-corrected chi connectivity index (χ4v) is 2.22. The summed E-state index contributed by atoms with van der Waals surface area (Å²) in [6.45, 7) is 7.58. The highest BCUT2D eigenvalue weighted by atomic mass is 16.5. The molecule has 3 nitrogen and oxygen atoms in total. The first-order chi connectivity index (χ1) is 7.59. The highest BCUT2D eigenvalue weighted by Gasteiger charge is 2.19. The second kappa shape index (κ2) is 7.25. The van der Waals surface area contributed by atoms with E-state index in [9.17, 15) is 0 Å². The average molecular weight is 228 g/mol. The number of ether oxygens (including phenoxy) is 1. The van der Waals surface area contributed by atoms with Crippen molar-refractivity contribution in [3.05, 3.63) is 0 Å². The summed E-state index contributed by atoms with van der Waals surface area (Å²) >= 11 is 0. The van der Waals surface area contributed by atoms with Gasteiger partial charge in [-0.25, -0.2) is 0 Å². The molecule has 1 saturated heterocycles. The zero-order chi connectivity index (χ0) is 12.0. The number of nitrogens with zero attached hydrogens (tertiary/aromatic N) is 1. The van der Waals surface area contributed by atoms with Crippen LogP contribution in [0.3, 0.4) is 0 Å². The van der Waals surface area contributed by atoms with Crippen LogP contribution < -0.4 is 5.32 Å². The molecule has 1 heterocycles. The molecule has 1 aliphatic heterocycles. The van der Waals surface area contributed by atoms with E-state index in [0.29, 0.717) is 18.0 Å². The van der Waals surface area contributed by atoms with Crippen molar-refractivity contribution in [2.24, 2.45) is 5.92 Å². The monoisotopic (exact) mass is 228 g/mol. The molecule has 0 radical (unpaired) electrons. The van der Waals surface area contributed by atoms with Gasteiger partial charge in [0.2, 0.25) is 0 Å². The maximum Gasteiger partial charge on any atom is 0.0480 e. The molecule has 0 bridgehead atoms. The summed E-state index contributed by atoms with van der Waals surface area (Å²) in [4.78, 5) is 2.27. The van der Waals surface area contributed by atoms with Crippen molar-refractivity contribution in [2.75, 3.05) is 33.9 Å². The molecular formula is C13H28N2O. The SMILES string of the molecule is CC(C)C(CN(C)C)NC1CCCOCC1. The minimum atomic E-state index is 0.595. The third kappa shape index (κ3) is 5.28. The maximum absolute atomic E-state index is 5.50. The lowest BCUT2D eigenvalue weighted by Gasteiger charge is -2.30. The Hall–Kier alpha value is -0.120. The smallest absolute Gasteiger partial charge is 0.0480 e. The summed E-state index contributed by atoms with van der Waals surface area (Å²) in [5, 5.41) is 3.81. The minimum absolute atomic E-state index is 0.595. The summed E-state index contributed by atoms with van der Waals surface area (Å²) in [7, 11) is 4.29. The molecule has 1 rings (SSSR count). The van der Waals surface area contributed by atoms with Crippen LogP contribution in [0.4, 0.5) is 0 Å². The molecule has 0 spiro atoms. The lowest BCUT2D eigenvalue weighted by atomic mass is 10.0. The number of rotatable bonds is 5. The summed E-state index contributed by atoms with van der Waals surface area (Å²) in [5.74, 6) is 0.687. The van der Waals surface area contributed by atoms with E-state index in [2.05, 4.69) is 38.2 Å². The fraction of sp³-hybridized carbons (Fsp3) is 1.00. The summed E-state index contributed by atoms with van der Waals surface area (Å²) in [6.07, 6.45) is 3.62. The number of hydrogen-bond donors (Lipinski definition) is 1. The Morgan fingerprint density at radius 2 is 2.00 bits per heavy atom. The molecule has 0 aromatic rings. The van der Waals surface area contributed by atoms with Gasteiger partial charge in [0.05, 0.1) is 0 Å². The molecule has 3 heteroatoms. The van der Waals surface area contributed by atoms with Gasteiger partial charge < -0.3 is 15.0 Å². The number of likely N-dealkylation sites (N-methyl/N-ethyl adjacent to an activating group) is 1. The van der Waals surface area contributed by atoms with Crippen molar-refractivity contribution in [1.82, 2.24) is 10.2 Å². The molecule has 0 saturated carbocycles.